The second-order valence-electron chi connectivity index (χ2n) is 10.9. The molecule has 1 atom stereocenters. The van der Waals surface area contributed by atoms with Crippen LogP contribution in [0.5, 0.6) is 5.75 Å². The molecule has 6 nitrogen and oxygen atoms in total. The van der Waals surface area contributed by atoms with Crippen LogP contribution in [0.15, 0.2) is 109 Å². The minimum absolute atomic E-state index is 0.153. The average molecular weight is 563 g/mol. The minimum atomic E-state index is -0.984. The van der Waals surface area contributed by atoms with E-state index in [9.17, 15) is 14.7 Å². The topological polar surface area (TPSA) is 78.9 Å². The van der Waals surface area contributed by atoms with Crippen molar-refractivity contribution in [3.05, 3.63) is 131 Å². The summed E-state index contributed by atoms with van der Waals surface area (Å²) in [6.07, 6.45) is 5.32. The van der Waals surface area contributed by atoms with Gasteiger partial charge >= 0.3 is 5.97 Å². The summed E-state index contributed by atoms with van der Waals surface area (Å²) in [5, 5.41) is 13.1. The van der Waals surface area contributed by atoms with Crippen LogP contribution in [-0.2, 0) is 17.8 Å². The van der Waals surface area contributed by atoms with E-state index in [1.165, 1.54) is 31.2 Å². The van der Waals surface area contributed by atoms with E-state index in [-0.39, 0.29) is 12.2 Å². The standard InChI is InChI=1S/C36H38N2O4/c39-35(29-13-5-2-6-14-29)32-17-9-10-18-33(32)37-34(36(40)41)25-27-19-21-31(22-20-27)42-24-23-38(30-15-7-8-16-30)26-28-11-3-1-4-12-28/h1-6,9-14,17-22,30,34,37H,7-8,15-16,23-26H2,(H,40,41)/t34-/m0/s1. The maximum absolute atomic E-state index is 13.1. The van der Waals surface area contributed by atoms with Crippen molar-refractivity contribution in [2.45, 2.75) is 50.7 Å². The molecule has 2 N–H and O–H groups in total. The Labute approximate surface area is 248 Å². The molecule has 0 aliphatic heterocycles. The fourth-order valence-electron chi connectivity index (χ4n) is 5.66. The molecular formula is C36H38N2O4. The van der Waals surface area contributed by atoms with E-state index in [4.69, 9.17) is 4.74 Å². The van der Waals surface area contributed by atoms with Crippen LogP contribution < -0.4 is 10.1 Å². The quantitative estimate of drug-likeness (QED) is 0.164. The third-order valence-corrected chi connectivity index (χ3v) is 7.92. The number of para-hydroxylation sites is 1. The fourth-order valence-corrected chi connectivity index (χ4v) is 5.66. The Morgan fingerprint density at radius 3 is 2.14 bits per heavy atom. The van der Waals surface area contributed by atoms with E-state index in [0.717, 1.165) is 24.4 Å². The molecule has 0 unspecified atom stereocenters. The van der Waals surface area contributed by atoms with Gasteiger partial charge in [0.15, 0.2) is 5.78 Å². The SMILES string of the molecule is O=C(c1ccccc1)c1ccccc1N[C@@H](Cc1ccc(OCCN(Cc2ccccc2)C2CCCC2)cc1)C(=O)O. The molecule has 42 heavy (non-hydrogen) atoms. The lowest BCUT2D eigenvalue weighted by molar-refractivity contribution is -0.137. The van der Waals surface area contributed by atoms with E-state index in [0.29, 0.717) is 29.5 Å². The summed E-state index contributed by atoms with van der Waals surface area (Å²) in [6, 6.07) is 34.0. The van der Waals surface area contributed by atoms with Crippen LogP contribution >= 0.6 is 0 Å². The molecular weight excluding hydrogens is 524 g/mol. The van der Waals surface area contributed by atoms with Crippen molar-refractivity contribution < 1.29 is 19.4 Å². The maximum Gasteiger partial charge on any atom is 0.326 e. The van der Waals surface area contributed by atoms with Crippen LogP contribution in [0.1, 0.15) is 52.7 Å². The molecule has 6 heteroatoms. The van der Waals surface area contributed by atoms with Gasteiger partial charge in [0.05, 0.1) is 0 Å². The van der Waals surface area contributed by atoms with Gasteiger partial charge in [0.25, 0.3) is 0 Å². The summed E-state index contributed by atoms with van der Waals surface area (Å²) in [6.45, 7) is 2.37. The number of carbonyl (C=O) groups is 2. The molecule has 0 heterocycles. The molecule has 216 valence electrons. The molecule has 1 fully saturated rings. The Balaban J connectivity index is 1.18. The summed E-state index contributed by atoms with van der Waals surface area (Å²) in [4.78, 5) is 27.8. The van der Waals surface area contributed by atoms with Crippen molar-refractivity contribution >= 4 is 17.4 Å². The van der Waals surface area contributed by atoms with E-state index in [2.05, 4.69) is 40.5 Å². The van der Waals surface area contributed by atoms with Crippen LogP contribution in [-0.4, -0.2) is 47.0 Å². The Bertz CT molecular complexity index is 1430. The van der Waals surface area contributed by atoms with E-state index < -0.39 is 12.0 Å². The first-order chi connectivity index (χ1) is 20.6. The number of anilines is 1. The zero-order valence-electron chi connectivity index (χ0n) is 23.8. The molecule has 0 saturated heterocycles. The van der Waals surface area contributed by atoms with Crippen LogP contribution in [0.2, 0.25) is 0 Å². The van der Waals surface area contributed by atoms with Crippen LogP contribution in [0, 0.1) is 0 Å². The van der Waals surface area contributed by atoms with Gasteiger partial charge < -0.3 is 15.2 Å². The minimum Gasteiger partial charge on any atom is -0.492 e. The smallest absolute Gasteiger partial charge is 0.326 e. The average Bonchev–Trinajstić information content (AvgIpc) is 3.57. The van der Waals surface area contributed by atoms with Gasteiger partial charge in [0, 0.05) is 42.4 Å². The second kappa shape index (κ2) is 14.5. The first-order valence-electron chi connectivity index (χ1n) is 14.7. The summed E-state index contributed by atoms with van der Waals surface area (Å²) in [5.41, 5.74) is 3.69. The van der Waals surface area contributed by atoms with Gasteiger partial charge in [-0.25, -0.2) is 4.79 Å². The highest BCUT2D eigenvalue weighted by Crippen LogP contribution is 2.25. The Morgan fingerprint density at radius 2 is 1.45 bits per heavy atom. The predicted molar refractivity (Wildman–Crippen MR) is 166 cm³/mol. The van der Waals surface area contributed by atoms with Gasteiger partial charge in [0.1, 0.15) is 18.4 Å². The Kier molecular flexibility index (Phi) is 10.0. The lowest BCUT2D eigenvalue weighted by atomic mass is 10.00. The van der Waals surface area contributed by atoms with E-state index in [1.807, 2.05) is 42.5 Å². The monoisotopic (exact) mass is 562 g/mol. The van der Waals surface area contributed by atoms with Gasteiger partial charge in [-0.15, -0.1) is 0 Å². The van der Waals surface area contributed by atoms with Crippen LogP contribution in [0.4, 0.5) is 5.69 Å². The number of ether oxygens (including phenoxy) is 1. The highest BCUT2D eigenvalue weighted by Gasteiger charge is 2.23. The third kappa shape index (κ3) is 7.86. The van der Waals surface area contributed by atoms with Gasteiger partial charge in [-0.1, -0.05) is 97.8 Å². The number of benzene rings is 4. The second-order valence-corrected chi connectivity index (χ2v) is 10.9. The van der Waals surface area contributed by atoms with Crippen molar-refractivity contribution in [2.24, 2.45) is 0 Å². The van der Waals surface area contributed by atoms with Crippen molar-refractivity contribution in [2.75, 3.05) is 18.5 Å². The first kappa shape index (κ1) is 29.1. The van der Waals surface area contributed by atoms with Gasteiger partial charge in [-0.3, -0.25) is 9.69 Å². The number of rotatable bonds is 14. The summed E-state index contributed by atoms with van der Waals surface area (Å²) in [7, 11) is 0. The number of carboxylic acids is 1. The molecule has 0 aromatic heterocycles. The number of ketones is 1. The number of carbonyl (C=O) groups excluding carboxylic acids is 1. The highest BCUT2D eigenvalue weighted by molar-refractivity contribution is 6.12. The number of hydrogen-bond donors (Lipinski definition) is 2. The Hall–Kier alpha value is -4.42. The molecule has 1 aliphatic rings. The van der Waals surface area contributed by atoms with Crippen LogP contribution in [0.25, 0.3) is 0 Å². The predicted octanol–water partition coefficient (Wildman–Crippen LogP) is 6.85. The number of aliphatic carboxylic acids is 1. The molecule has 1 saturated carbocycles. The highest BCUT2D eigenvalue weighted by atomic mass is 16.5. The summed E-state index contributed by atoms with van der Waals surface area (Å²) < 4.78 is 6.11. The molecule has 4 aromatic rings. The molecule has 1 aliphatic carbocycles. The van der Waals surface area contributed by atoms with Crippen molar-refractivity contribution in [3.63, 3.8) is 0 Å². The van der Waals surface area contributed by atoms with Gasteiger partial charge in [-0.05, 0) is 48.2 Å². The number of hydrogen-bond acceptors (Lipinski definition) is 5. The fraction of sp³-hybridized carbons (Fsp3) is 0.278. The molecule has 0 radical (unpaired) electrons. The third-order valence-electron chi connectivity index (χ3n) is 7.92. The normalized spacial score (nSPS) is 14.0. The summed E-state index contributed by atoms with van der Waals surface area (Å²) >= 11 is 0. The zero-order chi connectivity index (χ0) is 29.1. The summed E-state index contributed by atoms with van der Waals surface area (Å²) in [5.74, 6) is -0.370. The largest absolute Gasteiger partial charge is 0.492 e. The van der Waals surface area contributed by atoms with E-state index in [1.54, 1.807) is 36.4 Å². The molecule has 4 aromatic carbocycles. The first-order valence-corrected chi connectivity index (χ1v) is 14.7. The molecule has 0 amide bonds. The van der Waals surface area contributed by atoms with Crippen molar-refractivity contribution in [3.8, 4) is 5.75 Å². The zero-order valence-corrected chi connectivity index (χ0v) is 23.8. The van der Waals surface area contributed by atoms with Crippen LogP contribution in [0.3, 0.4) is 0 Å². The van der Waals surface area contributed by atoms with E-state index >= 15 is 0 Å². The lowest BCUT2D eigenvalue weighted by Gasteiger charge is -2.29. The lowest BCUT2D eigenvalue weighted by Crippen LogP contribution is -2.36. The van der Waals surface area contributed by atoms with Gasteiger partial charge in [0.2, 0.25) is 0 Å². The Morgan fingerprint density at radius 1 is 0.810 bits per heavy atom. The number of nitrogens with zero attached hydrogens (tertiary/aromatic N) is 1. The van der Waals surface area contributed by atoms with Crippen molar-refractivity contribution in [1.82, 2.24) is 4.90 Å². The number of nitrogens with one attached hydrogen (secondary N) is 1. The maximum atomic E-state index is 13.1. The van der Waals surface area contributed by atoms with Crippen molar-refractivity contribution in [1.29, 1.82) is 0 Å². The molecule has 5 rings (SSSR count). The molecule has 0 bridgehead atoms. The molecule has 0 spiro atoms. The number of carboxylic acid groups (broad SMARTS) is 1. The van der Waals surface area contributed by atoms with Gasteiger partial charge in [-0.2, -0.15) is 0 Å².